The van der Waals surface area contributed by atoms with E-state index in [0.29, 0.717) is 28.5 Å². The normalized spacial score (nSPS) is 25.6. The lowest BCUT2D eigenvalue weighted by Crippen LogP contribution is -2.50. The van der Waals surface area contributed by atoms with Crippen LogP contribution in [0.2, 0.25) is 0 Å². The number of aliphatic carboxylic acids is 1. The van der Waals surface area contributed by atoms with Crippen LogP contribution >= 0.6 is 11.3 Å². The van der Waals surface area contributed by atoms with Crippen LogP contribution < -0.4 is 5.32 Å². The monoisotopic (exact) mass is 572 g/mol. The van der Waals surface area contributed by atoms with Crippen molar-refractivity contribution in [2.45, 2.75) is 56.7 Å². The predicted octanol–water partition coefficient (Wildman–Crippen LogP) is 4.13. The molecule has 3 aliphatic rings. The molecular formula is C28H27F3N4O4S. The highest BCUT2D eigenvalue weighted by atomic mass is 32.1. The number of halogens is 3. The van der Waals surface area contributed by atoms with Crippen molar-refractivity contribution in [3.05, 3.63) is 63.0 Å². The van der Waals surface area contributed by atoms with E-state index in [0.717, 1.165) is 0 Å². The molecule has 1 aromatic heterocycles. The van der Waals surface area contributed by atoms with Crippen LogP contribution in [0, 0.1) is 24.1 Å². The van der Waals surface area contributed by atoms with Gasteiger partial charge in [-0.25, -0.2) is 22.9 Å². The molecule has 0 aliphatic carbocycles. The summed E-state index contributed by atoms with van der Waals surface area (Å²) in [6.45, 7) is 1.64. The minimum Gasteiger partial charge on any atom is -0.481 e. The van der Waals surface area contributed by atoms with Crippen molar-refractivity contribution in [3.8, 4) is 12.3 Å². The number of terminal acetylenes is 1. The number of esters is 1. The fraction of sp³-hybridized carbons (Fsp3) is 0.429. The molecule has 8 nitrogen and oxygen atoms in total. The van der Waals surface area contributed by atoms with Crippen LogP contribution in [-0.2, 0) is 14.3 Å². The largest absolute Gasteiger partial charge is 0.481 e. The van der Waals surface area contributed by atoms with Gasteiger partial charge >= 0.3 is 11.9 Å². The molecule has 0 radical (unpaired) electrons. The van der Waals surface area contributed by atoms with E-state index in [2.05, 4.69) is 16.2 Å². The first-order valence-corrected chi connectivity index (χ1v) is 13.8. The van der Waals surface area contributed by atoms with Crippen molar-refractivity contribution < 1.29 is 32.6 Å². The third-order valence-corrected chi connectivity index (χ3v) is 8.33. The quantitative estimate of drug-likeness (QED) is 0.362. The summed E-state index contributed by atoms with van der Waals surface area (Å²) in [6.07, 6.45) is 7.03. The van der Waals surface area contributed by atoms with Gasteiger partial charge in [-0.1, -0.05) is 12.0 Å². The summed E-state index contributed by atoms with van der Waals surface area (Å²) in [4.78, 5) is 35.4. The van der Waals surface area contributed by atoms with Crippen molar-refractivity contribution in [3.63, 3.8) is 0 Å². The van der Waals surface area contributed by atoms with Crippen LogP contribution in [0.1, 0.15) is 54.8 Å². The number of carboxylic acids is 1. The van der Waals surface area contributed by atoms with Gasteiger partial charge in [-0.15, -0.1) is 17.8 Å². The van der Waals surface area contributed by atoms with Gasteiger partial charge in [0, 0.05) is 48.3 Å². The number of amidine groups is 1. The number of rotatable bonds is 8. The minimum absolute atomic E-state index is 0.0217. The molecule has 0 spiro atoms. The fourth-order valence-electron chi connectivity index (χ4n) is 5.96. The number of hydrogen-bond acceptors (Lipinski definition) is 8. The molecule has 2 bridgehead atoms. The first-order valence-electron chi connectivity index (χ1n) is 12.9. The average molecular weight is 573 g/mol. The second-order valence-electron chi connectivity index (χ2n) is 10.1. The molecule has 1 unspecified atom stereocenters. The standard InChI is InChI=1S/C28H27F3N4O4S/c1-3-16-12-17(29)5-6-19(16)24-23(27(38)39-4-2)20(33-25(34-24)26-32-7-8-40-26)14-35-18-9-15(11-22(36)37)10-21(35)28(30,31)13-18/h1,5-8,12,15,18,21,24H,4,9-11,13-14H2,2H3,(H,33,34)(H,36,37)/t15?,18-,21+,24+/m1/s1. The van der Waals surface area contributed by atoms with Crippen LogP contribution in [0.4, 0.5) is 13.2 Å². The summed E-state index contributed by atoms with van der Waals surface area (Å²) in [5, 5.41) is 14.7. The third-order valence-electron chi connectivity index (χ3n) is 7.55. The van der Waals surface area contributed by atoms with Crippen molar-refractivity contribution in [1.29, 1.82) is 0 Å². The SMILES string of the molecule is C#Cc1cc(F)ccc1[C@@H]1N=C(c2nccs2)NC(CN2[C@@H]3CC(CC(=O)O)C[C@H]2C(F)(F)C3)=C1C(=O)OCC. The molecule has 1 aromatic carbocycles. The minimum atomic E-state index is -3.02. The van der Waals surface area contributed by atoms with Gasteiger partial charge < -0.3 is 15.2 Å². The van der Waals surface area contributed by atoms with Crippen LogP contribution in [0.25, 0.3) is 0 Å². The smallest absolute Gasteiger partial charge is 0.338 e. The first-order chi connectivity index (χ1) is 19.1. The Bertz CT molecular complexity index is 1420. The highest BCUT2D eigenvalue weighted by molar-refractivity contribution is 7.11. The lowest BCUT2D eigenvalue weighted by molar-refractivity contribution is -0.140. The number of ether oxygens (including phenoxy) is 1. The molecule has 5 rings (SSSR count). The predicted molar refractivity (Wildman–Crippen MR) is 141 cm³/mol. The number of alkyl halides is 2. The molecule has 0 saturated carbocycles. The molecule has 2 aromatic rings. The number of nitrogens with zero attached hydrogens (tertiary/aromatic N) is 3. The molecule has 3 aliphatic heterocycles. The topological polar surface area (TPSA) is 104 Å². The van der Waals surface area contributed by atoms with Crippen molar-refractivity contribution >= 4 is 29.1 Å². The highest BCUT2D eigenvalue weighted by Crippen LogP contribution is 2.49. The summed E-state index contributed by atoms with van der Waals surface area (Å²) >= 11 is 1.29. The summed E-state index contributed by atoms with van der Waals surface area (Å²) in [7, 11) is 0. The zero-order chi connectivity index (χ0) is 28.6. The Morgan fingerprint density at radius 3 is 2.80 bits per heavy atom. The summed E-state index contributed by atoms with van der Waals surface area (Å²) in [6, 6.07) is 1.06. The Kier molecular flexibility index (Phi) is 7.70. The Hall–Kier alpha value is -3.69. The second-order valence-corrected chi connectivity index (χ2v) is 11.0. The van der Waals surface area contributed by atoms with Gasteiger partial charge in [0.2, 0.25) is 0 Å². The number of carbonyl (C=O) groups excluding carboxylic acids is 1. The van der Waals surface area contributed by atoms with Gasteiger partial charge in [0.05, 0.1) is 18.2 Å². The van der Waals surface area contributed by atoms with Crippen molar-refractivity contribution in [2.24, 2.45) is 10.9 Å². The molecule has 210 valence electrons. The number of aromatic nitrogens is 1. The Morgan fingerprint density at radius 1 is 1.35 bits per heavy atom. The van der Waals surface area contributed by atoms with Crippen molar-refractivity contribution in [1.82, 2.24) is 15.2 Å². The number of carboxylic acid groups (broad SMARTS) is 1. The molecular weight excluding hydrogens is 545 g/mol. The number of thiazole rings is 1. The van der Waals surface area contributed by atoms with Gasteiger partial charge in [0.1, 0.15) is 11.9 Å². The van der Waals surface area contributed by atoms with Crippen molar-refractivity contribution in [2.75, 3.05) is 13.2 Å². The summed E-state index contributed by atoms with van der Waals surface area (Å²) in [5.74, 6) is -2.90. The van der Waals surface area contributed by atoms with E-state index in [1.807, 2.05) is 0 Å². The van der Waals surface area contributed by atoms with E-state index >= 15 is 8.78 Å². The maximum absolute atomic E-state index is 15.2. The van der Waals surface area contributed by atoms with Crippen LogP contribution in [0.5, 0.6) is 0 Å². The number of fused-ring (bicyclic) bond motifs is 2. The van der Waals surface area contributed by atoms with E-state index in [9.17, 15) is 19.1 Å². The fourth-order valence-corrected chi connectivity index (χ4v) is 6.55. The third kappa shape index (κ3) is 5.36. The van der Waals surface area contributed by atoms with Gasteiger partial charge in [0.15, 0.2) is 10.8 Å². The van der Waals surface area contributed by atoms with Crippen LogP contribution in [0.3, 0.4) is 0 Å². The van der Waals surface area contributed by atoms with E-state index in [4.69, 9.17) is 16.2 Å². The second kappa shape index (κ2) is 11.1. The lowest BCUT2D eigenvalue weighted by Gasteiger charge is -2.40. The van der Waals surface area contributed by atoms with Gasteiger partial charge in [0.25, 0.3) is 5.92 Å². The molecule has 4 atom stereocenters. The molecule has 2 saturated heterocycles. The summed E-state index contributed by atoms with van der Waals surface area (Å²) in [5.41, 5.74) is 0.964. The molecule has 2 N–H and O–H groups in total. The Labute approximate surface area is 233 Å². The highest BCUT2D eigenvalue weighted by Gasteiger charge is 2.57. The number of aliphatic imine (C=N–C) groups is 1. The molecule has 2 fully saturated rings. The number of piperidine rings is 1. The maximum atomic E-state index is 15.2. The molecule has 12 heteroatoms. The van der Waals surface area contributed by atoms with Gasteiger partial charge in [-0.2, -0.15) is 0 Å². The maximum Gasteiger partial charge on any atom is 0.338 e. The zero-order valence-corrected chi connectivity index (χ0v) is 22.4. The molecule has 0 amide bonds. The van der Waals surface area contributed by atoms with E-state index < -0.39 is 48.2 Å². The summed E-state index contributed by atoms with van der Waals surface area (Å²) < 4.78 is 49.8. The van der Waals surface area contributed by atoms with E-state index in [1.165, 1.54) is 29.5 Å². The Morgan fingerprint density at radius 2 is 2.15 bits per heavy atom. The molecule has 40 heavy (non-hydrogen) atoms. The lowest BCUT2D eigenvalue weighted by atomic mass is 9.87. The number of hydrogen-bond donors (Lipinski definition) is 2. The van der Waals surface area contributed by atoms with E-state index in [1.54, 1.807) is 23.4 Å². The van der Waals surface area contributed by atoms with E-state index in [-0.39, 0.29) is 43.0 Å². The Balaban J connectivity index is 1.60. The van der Waals surface area contributed by atoms with Gasteiger partial charge in [-0.3, -0.25) is 14.7 Å². The van der Waals surface area contributed by atoms with Crippen LogP contribution in [-0.4, -0.2) is 63.9 Å². The van der Waals surface area contributed by atoms with Crippen LogP contribution in [0.15, 0.2) is 46.0 Å². The first kappa shape index (κ1) is 27.9. The zero-order valence-electron chi connectivity index (χ0n) is 21.6. The average Bonchev–Trinajstić information content (AvgIpc) is 3.48. The molecule has 4 heterocycles. The number of nitrogens with one attached hydrogen (secondary N) is 1. The number of carbonyl (C=O) groups is 2. The number of benzene rings is 1. The van der Waals surface area contributed by atoms with Gasteiger partial charge in [-0.05, 0) is 43.4 Å².